The molecule has 0 aliphatic heterocycles. The van der Waals surface area contributed by atoms with Crippen molar-refractivity contribution >= 4 is 32.7 Å². The number of nitrogens with one attached hydrogen (secondary N) is 1. The molecule has 0 atom stereocenters. The van der Waals surface area contributed by atoms with Crippen LogP contribution in [0.3, 0.4) is 0 Å². The van der Waals surface area contributed by atoms with Crippen molar-refractivity contribution in [2.75, 3.05) is 17.6 Å². The predicted molar refractivity (Wildman–Crippen MR) is 88.1 cm³/mol. The first-order valence-electron chi connectivity index (χ1n) is 6.40. The first-order chi connectivity index (χ1) is 9.68. The molecule has 21 heavy (non-hydrogen) atoms. The minimum atomic E-state index is -3.76. The van der Waals surface area contributed by atoms with Crippen molar-refractivity contribution in [2.24, 2.45) is 5.14 Å². The number of sulfonamides is 1. The molecule has 0 aliphatic rings. The average Bonchev–Trinajstić information content (AvgIpc) is 2.89. The molecule has 7 heteroatoms. The Kier molecular flexibility index (Phi) is 4.27. The smallest absolute Gasteiger partial charge is 0.238 e. The molecule has 0 unspecified atom stereocenters. The largest absolute Gasteiger partial charge is 0.399 e. The van der Waals surface area contributed by atoms with Crippen LogP contribution in [0.15, 0.2) is 40.6 Å². The molecule has 0 spiro atoms. The average molecular weight is 325 g/mol. The lowest BCUT2D eigenvalue weighted by Crippen LogP contribution is -2.26. The van der Waals surface area contributed by atoms with E-state index in [-0.39, 0.29) is 10.3 Å². The molecule has 0 amide bonds. The van der Waals surface area contributed by atoms with Gasteiger partial charge in [0.25, 0.3) is 0 Å². The summed E-state index contributed by atoms with van der Waals surface area (Å²) in [5.74, 6) is 0. The van der Waals surface area contributed by atoms with Gasteiger partial charge in [-0.3, -0.25) is 0 Å². The van der Waals surface area contributed by atoms with E-state index in [4.69, 9.17) is 10.9 Å². The van der Waals surface area contributed by atoms with E-state index in [1.165, 1.54) is 17.0 Å². The second kappa shape index (κ2) is 5.67. The molecular weight excluding hydrogens is 306 g/mol. The Balaban J connectivity index is 2.19. The molecule has 0 radical (unpaired) electrons. The number of anilines is 2. The maximum absolute atomic E-state index is 11.4. The van der Waals surface area contributed by atoms with Gasteiger partial charge in [-0.25, -0.2) is 13.6 Å². The Bertz CT molecular complexity index is 723. The van der Waals surface area contributed by atoms with Gasteiger partial charge in [-0.2, -0.15) is 0 Å². The number of hydrogen-bond acceptors (Lipinski definition) is 5. The van der Waals surface area contributed by atoms with E-state index >= 15 is 0 Å². The van der Waals surface area contributed by atoms with Gasteiger partial charge in [0.05, 0.1) is 4.90 Å². The summed E-state index contributed by atoms with van der Waals surface area (Å²) in [5.41, 5.74) is 6.66. The molecular formula is C14H19N3O2S2. The molecule has 1 heterocycles. The summed E-state index contributed by atoms with van der Waals surface area (Å²) in [7, 11) is -3.76. The van der Waals surface area contributed by atoms with E-state index in [0.717, 1.165) is 0 Å². The molecule has 1 aromatic heterocycles. The van der Waals surface area contributed by atoms with Crippen LogP contribution in [0.4, 0.5) is 11.4 Å². The lowest BCUT2D eigenvalue weighted by atomic mass is 9.91. The molecule has 0 aliphatic carbocycles. The number of benzene rings is 1. The fourth-order valence-electron chi connectivity index (χ4n) is 1.96. The maximum atomic E-state index is 11.4. The van der Waals surface area contributed by atoms with Crippen molar-refractivity contribution in [2.45, 2.75) is 24.2 Å². The quantitative estimate of drug-likeness (QED) is 0.735. The molecule has 0 bridgehead atoms. The van der Waals surface area contributed by atoms with E-state index in [1.807, 2.05) is 11.4 Å². The number of rotatable bonds is 5. The van der Waals surface area contributed by atoms with E-state index in [1.54, 1.807) is 17.4 Å². The van der Waals surface area contributed by atoms with Crippen LogP contribution in [0.5, 0.6) is 0 Å². The van der Waals surface area contributed by atoms with Crippen molar-refractivity contribution in [3.05, 3.63) is 40.6 Å². The zero-order valence-electron chi connectivity index (χ0n) is 12.0. The topological polar surface area (TPSA) is 98.2 Å². The number of thiophene rings is 1. The molecule has 1 aromatic carbocycles. The molecule has 0 saturated heterocycles. The van der Waals surface area contributed by atoms with Crippen LogP contribution in [0.2, 0.25) is 0 Å². The second-order valence-electron chi connectivity index (χ2n) is 5.55. The highest BCUT2D eigenvalue weighted by molar-refractivity contribution is 7.89. The van der Waals surface area contributed by atoms with Gasteiger partial charge in [-0.05, 0) is 29.6 Å². The van der Waals surface area contributed by atoms with Gasteiger partial charge in [-0.15, -0.1) is 11.3 Å². The summed E-state index contributed by atoms with van der Waals surface area (Å²) in [5, 5.41) is 10.4. The molecule has 114 valence electrons. The molecule has 2 rings (SSSR count). The lowest BCUT2D eigenvalue weighted by molar-refractivity contribution is 0.569. The number of hydrogen-bond donors (Lipinski definition) is 3. The zero-order chi connectivity index (χ0) is 15.7. The zero-order valence-corrected chi connectivity index (χ0v) is 13.6. The Morgan fingerprint density at radius 2 is 2.00 bits per heavy atom. The van der Waals surface area contributed by atoms with Crippen molar-refractivity contribution in [3.8, 4) is 0 Å². The second-order valence-corrected chi connectivity index (χ2v) is 8.06. The van der Waals surface area contributed by atoms with Crippen molar-refractivity contribution in [3.63, 3.8) is 0 Å². The van der Waals surface area contributed by atoms with Crippen LogP contribution < -0.4 is 16.2 Å². The summed E-state index contributed by atoms with van der Waals surface area (Å²) < 4.78 is 22.8. The van der Waals surface area contributed by atoms with E-state index in [2.05, 4.69) is 25.2 Å². The number of primary sulfonamides is 1. The van der Waals surface area contributed by atoms with Gasteiger partial charge in [0.15, 0.2) is 0 Å². The molecule has 5 nitrogen and oxygen atoms in total. The first kappa shape index (κ1) is 15.8. The Hall–Kier alpha value is -1.57. The van der Waals surface area contributed by atoms with Crippen LogP contribution in [0.1, 0.15) is 18.7 Å². The highest BCUT2D eigenvalue weighted by atomic mass is 32.2. The summed E-state index contributed by atoms with van der Waals surface area (Å²) in [6.07, 6.45) is 0. The van der Waals surface area contributed by atoms with Crippen molar-refractivity contribution in [1.82, 2.24) is 0 Å². The van der Waals surface area contributed by atoms with E-state index in [0.29, 0.717) is 17.9 Å². The van der Waals surface area contributed by atoms with Gasteiger partial charge >= 0.3 is 0 Å². The van der Waals surface area contributed by atoms with Gasteiger partial charge in [-0.1, -0.05) is 19.9 Å². The SMILES string of the molecule is CC(C)(CNc1cc(N)cc(S(N)(=O)=O)c1)c1cccs1. The highest BCUT2D eigenvalue weighted by Gasteiger charge is 2.21. The fourth-order valence-corrected chi connectivity index (χ4v) is 3.41. The van der Waals surface area contributed by atoms with Crippen LogP contribution in [0, 0.1) is 0 Å². The number of nitrogen functional groups attached to an aromatic ring is 1. The Labute approximate surface area is 129 Å². The molecule has 2 aromatic rings. The van der Waals surface area contributed by atoms with E-state index < -0.39 is 10.0 Å². The predicted octanol–water partition coefficient (Wildman–Crippen LogP) is 2.37. The minimum Gasteiger partial charge on any atom is -0.399 e. The molecule has 0 fully saturated rings. The third kappa shape index (κ3) is 3.96. The summed E-state index contributed by atoms with van der Waals surface area (Å²) in [4.78, 5) is 1.27. The number of nitrogens with two attached hydrogens (primary N) is 2. The first-order valence-corrected chi connectivity index (χ1v) is 8.82. The monoisotopic (exact) mass is 325 g/mol. The van der Waals surface area contributed by atoms with Crippen LogP contribution in [0.25, 0.3) is 0 Å². The summed E-state index contributed by atoms with van der Waals surface area (Å²) in [6.45, 7) is 4.90. The molecule has 5 N–H and O–H groups in total. The van der Waals surface area contributed by atoms with Gasteiger partial charge < -0.3 is 11.1 Å². The standard InChI is InChI=1S/C14H19N3O2S2/c1-14(2,13-4-3-5-20-13)9-17-11-6-10(15)7-12(8-11)21(16,18)19/h3-8,17H,9,15H2,1-2H3,(H2,16,18,19). The Morgan fingerprint density at radius 1 is 1.29 bits per heavy atom. The third-order valence-electron chi connectivity index (χ3n) is 3.18. The maximum Gasteiger partial charge on any atom is 0.238 e. The van der Waals surface area contributed by atoms with Gasteiger partial charge in [0.2, 0.25) is 10.0 Å². The minimum absolute atomic E-state index is 0.0129. The van der Waals surface area contributed by atoms with Gasteiger partial charge in [0.1, 0.15) is 0 Å². The molecule has 0 saturated carbocycles. The summed E-state index contributed by atoms with van der Waals surface area (Å²) >= 11 is 1.69. The van der Waals surface area contributed by atoms with Crippen LogP contribution in [-0.2, 0) is 15.4 Å². The normalized spacial score (nSPS) is 12.3. The summed E-state index contributed by atoms with van der Waals surface area (Å²) in [6, 6.07) is 8.64. The van der Waals surface area contributed by atoms with Crippen molar-refractivity contribution in [1.29, 1.82) is 0 Å². The highest BCUT2D eigenvalue weighted by Crippen LogP contribution is 2.28. The van der Waals surface area contributed by atoms with Crippen LogP contribution in [-0.4, -0.2) is 15.0 Å². The van der Waals surface area contributed by atoms with Crippen LogP contribution >= 0.6 is 11.3 Å². The van der Waals surface area contributed by atoms with Gasteiger partial charge in [0, 0.05) is 28.2 Å². The third-order valence-corrected chi connectivity index (χ3v) is 5.31. The van der Waals surface area contributed by atoms with E-state index in [9.17, 15) is 8.42 Å². The fraction of sp³-hybridized carbons (Fsp3) is 0.286. The lowest BCUT2D eigenvalue weighted by Gasteiger charge is -2.24. The Morgan fingerprint density at radius 3 is 2.57 bits per heavy atom. The van der Waals surface area contributed by atoms with Crippen molar-refractivity contribution < 1.29 is 8.42 Å².